The van der Waals surface area contributed by atoms with Gasteiger partial charge in [0.05, 0.1) is 19.2 Å². The summed E-state index contributed by atoms with van der Waals surface area (Å²) in [4.78, 5) is 12.0. The molecule has 0 saturated carbocycles. The Morgan fingerprint density at radius 3 is 1.85 bits per heavy atom. The predicted molar refractivity (Wildman–Crippen MR) is 121 cm³/mol. The van der Waals surface area contributed by atoms with Gasteiger partial charge in [-0.1, -0.05) is 78.9 Å². The van der Waals surface area contributed by atoms with Gasteiger partial charge in [-0.25, -0.2) is 4.79 Å². The number of esters is 1. The van der Waals surface area contributed by atoms with Gasteiger partial charge in [-0.3, -0.25) is 10.6 Å². The van der Waals surface area contributed by atoms with E-state index in [1.165, 1.54) is 7.11 Å². The highest BCUT2D eigenvalue weighted by Crippen LogP contribution is 2.40. The first kappa shape index (κ1) is 23.8. The number of hydrogen-bond acceptors (Lipinski definition) is 5. The molecule has 0 radical (unpaired) electrons. The molecule has 0 aromatic heterocycles. The first-order chi connectivity index (χ1) is 16.3. The van der Waals surface area contributed by atoms with Crippen LogP contribution < -0.4 is 15.4 Å². The fraction of sp³-hybridized carbons (Fsp3) is 0.269. The number of aryl methyl sites for hydroxylation is 1. The number of alkyl halides is 3. The Morgan fingerprint density at radius 1 is 0.853 bits per heavy atom. The second kappa shape index (κ2) is 9.87. The topological polar surface area (TPSA) is 59.6 Å². The van der Waals surface area contributed by atoms with E-state index in [1.807, 2.05) is 78.9 Å². The molecule has 2 N–H and O–H groups in total. The quantitative estimate of drug-likeness (QED) is 0.473. The van der Waals surface area contributed by atoms with Gasteiger partial charge in [-0.15, -0.1) is 0 Å². The van der Waals surface area contributed by atoms with Gasteiger partial charge >= 0.3 is 12.1 Å². The van der Waals surface area contributed by atoms with Crippen molar-refractivity contribution < 1.29 is 27.4 Å². The van der Waals surface area contributed by atoms with E-state index in [9.17, 15) is 18.0 Å². The molecule has 2 unspecified atom stereocenters. The lowest BCUT2D eigenvalue weighted by Crippen LogP contribution is -2.55. The Balaban J connectivity index is 1.71. The van der Waals surface area contributed by atoms with E-state index in [4.69, 9.17) is 9.47 Å². The predicted octanol–water partition coefficient (Wildman–Crippen LogP) is 5.06. The molecule has 4 rings (SSSR count). The highest BCUT2D eigenvalue weighted by Gasteiger charge is 2.52. The standard InChI is InChI=1S/C26H25F3N2O3/c1-33-21-15-9-8-10-18(21)16-17-25(34-24(32)26(27,28)29)30-22(19-11-4-2-5-12-19)23(31-25)20-13-6-3-7-14-20/h2-15,22-23,30-31H,16-17H2,1H3. The minimum atomic E-state index is -5.13. The van der Waals surface area contributed by atoms with Gasteiger partial charge in [-0.05, 0) is 29.2 Å². The second-order valence-electron chi connectivity index (χ2n) is 8.09. The summed E-state index contributed by atoms with van der Waals surface area (Å²) in [7, 11) is 1.53. The third-order valence-corrected chi connectivity index (χ3v) is 5.87. The van der Waals surface area contributed by atoms with Crippen LogP contribution in [0, 0.1) is 0 Å². The summed E-state index contributed by atoms with van der Waals surface area (Å²) in [5.74, 6) is -3.40. The summed E-state index contributed by atoms with van der Waals surface area (Å²) in [6, 6.07) is 25.1. The number of rotatable bonds is 7. The third kappa shape index (κ3) is 5.24. The summed E-state index contributed by atoms with van der Waals surface area (Å²) in [6.45, 7) is 0. The molecule has 0 aliphatic carbocycles. The van der Waals surface area contributed by atoms with Crippen LogP contribution >= 0.6 is 0 Å². The van der Waals surface area contributed by atoms with E-state index in [-0.39, 0.29) is 6.42 Å². The van der Waals surface area contributed by atoms with E-state index < -0.39 is 30.1 Å². The average Bonchev–Trinajstić information content (AvgIpc) is 3.23. The van der Waals surface area contributed by atoms with Crippen LogP contribution in [0.15, 0.2) is 84.9 Å². The van der Waals surface area contributed by atoms with Crippen molar-refractivity contribution in [3.63, 3.8) is 0 Å². The van der Waals surface area contributed by atoms with E-state index in [0.717, 1.165) is 16.7 Å². The van der Waals surface area contributed by atoms with Gasteiger partial charge in [-0.2, -0.15) is 13.2 Å². The second-order valence-corrected chi connectivity index (χ2v) is 8.09. The van der Waals surface area contributed by atoms with Gasteiger partial charge in [0.25, 0.3) is 0 Å². The summed E-state index contributed by atoms with van der Waals surface area (Å²) in [5, 5.41) is 6.37. The van der Waals surface area contributed by atoms with Crippen molar-refractivity contribution in [2.45, 2.75) is 37.0 Å². The number of carbonyl (C=O) groups is 1. The largest absolute Gasteiger partial charge is 0.496 e. The van der Waals surface area contributed by atoms with Gasteiger partial charge in [0.15, 0.2) is 0 Å². The number of methoxy groups -OCH3 is 1. The third-order valence-electron chi connectivity index (χ3n) is 5.87. The van der Waals surface area contributed by atoms with Crippen LogP contribution in [0.3, 0.4) is 0 Å². The monoisotopic (exact) mass is 470 g/mol. The fourth-order valence-corrected chi connectivity index (χ4v) is 4.27. The van der Waals surface area contributed by atoms with Crippen LogP contribution in [-0.2, 0) is 16.0 Å². The fourth-order valence-electron chi connectivity index (χ4n) is 4.27. The zero-order valence-electron chi connectivity index (χ0n) is 18.5. The van der Waals surface area contributed by atoms with Crippen molar-refractivity contribution in [3.05, 3.63) is 102 Å². The Hall–Kier alpha value is -3.36. The molecule has 8 heteroatoms. The van der Waals surface area contributed by atoms with Crippen LogP contribution in [0.2, 0.25) is 0 Å². The van der Waals surface area contributed by atoms with E-state index in [1.54, 1.807) is 6.07 Å². The Kier molecular flexibility index (Phi) is 6.90. The Labute approximate surface area is 195 Å². The van der Waals surface area contributed by atoms with Crippen LogP contribution in [0.1, 0.15) is 35.2 Å². The molecule has 1 saturated heterocycles. The molecule has 3 aromatic rings. The number of benzene rings is 3. The Morgan fingerprint density at radius 2 is 1.35 bits per heavy atom. The van der Waals surface area contributed by atoms with Crippen LogP contribution in [0.5, 0.6) is 5.75 Å². The van der Waals surface area contributed by atoms with E-state index in [0.29, 0.717) is 12.2 Å². The maximum atomic E-state index is 13.2. The zero-order valence-corrected chi connectivity index (χ0v) is 18.5. The van der Waals surface area contributed by atoms with Crippen molar-refractivity contribution in [1.82, 2.24) is 10.6 Å². The molecule has 1 fully saturated rings. The summed E-state index contributed by atoms with van der Waals surface area (Å²) < 4.78 is 50.3. The maximum absolute atomic E-state index is 13.2. The molecule has 178 valence electrons. The molecule has 0 bridgehead atoms. The molecule has 0 amide bonds. The molecular weight excluding hydrogens is 445 g/mol. The van der Waals surface area contributed by atoms with E-state index >= 15 is 0 Å². The molecule has 3 aromatic carbocycles. The first-order valence-corrected chi connectivity index (χ1v) is 10.9. The number of para-hydroxylation sites is 1. The smallest absolute Gasteiger partial charge is 0.491 e. The number of carbonyl (C=O) groups excluding carboxylic acids is 1. The highest BCUT2D eigenvalue weighted by atomic mass is 19.4. The number of ether oxygens (including phenoxy) is 2. The minimum Gasteiger partial charge on any atom is -0.496 e. The molecule has 1 heterocycles. The lowest BCUT2D eigenvalue weighted by atomic mass is 9.95. The summed E-state index contributed by atoms with van der Waals surface area (Å²) in [5.41, 5.74) is 2.49. The molecular formula is C26H25F3N2O3. The molecule has 1 aliphatic heterocycles. The van der Waals surface area contributed by atoms with Crippen molar-refractivity contribution in [2.75, 3.05) is 7.11 Å². The van der Waals surface area contributed by atoms with Crippen molar-refractivity contribution in [2.24, 2.45) is 0 Å². The van der Waals surface area contributed by atoms with Crippen LogP contribution in [0.4, 0.5) is 13.2 Å². The number of hydrogen-bond donors (Lipinski definition) is 2. The lowest BCUT2D eigenvalue weighted by molar-refractivity contribution is -0.219. The van der Waals surface area contributed by atoms with Crippen LogP contribution in [0.25, 0.3) is 0 Å². The zero-order chi connectivity index (χ0) is 24.2. The van der Waals surface area contributed by atoms with Gasteiger partial charge in [0, 0.05) is 6.42 Å². The lowest BCUT2D eigenvalue weighted by Gasteiger charge is -2.31. The number of nitrogens with one attached hydrogen (secondary N) is 2. The summed E-state index contributed by atoms with van der Waals surface area (Å²) in [6.07, 6.45) is -4.78. The van der Waals surface area contributed by atoms with Crippen molar-refractivity contribution in [3.8, 4) is 5.75 Å². The van der Waals surface area contributed by atoms with Gasteiger partial charge < -0.3 is 9.47 Å². The SMILES string of the molecule is COc1ccccc1CCC1(OC(=O)C(F)(F)F)NC(c2ccccc2)C(c2ccccc2)N1. The van der Waals surface area contributed by atoms with Gasteiger partial charge in [0.2, 0.25) is 5.85 Å². The van der Waals surface area contributed by atoms with E-state index in [2.05, 4.69) is 10.6 Å². The molecule has 0 spiro atoms. The highest BCUT2D eigenvalue weighted by molar-refractivity contribution is 5.76. The normalized spacial score (nSPS) is 22.4. The number of halogens is 3. The van der Waals surface area contributed by atoms with Crippen molar-refractivity contribution in [1.29, 1.82) is 0 Å². The Bertz CT molecular complexity index is 1060. The maximum Gasteiger partial charge on any atom is 0.491 e. The minimum absolute atomic E-state index is 0.0435. The molecule has 34 heavy (non-hydrogen) atoms. The van der Waals surface area contributed by atoms with Gasteiger partial charge in [0.1, 0.15) is 5.75 Å². The average molecular weight is 470 g/mol. The molecule has 5 nitrogen and oxygen atoms in total. The molecule has 1 aliphatic rings. The van der Waals surface area contributed by atoms with Crippen molar-refractivity contribution >= 4 is 5.97 Å². The first-order valence-electron chi connectivity index (χ1n) is 10.9. The molecule has 2 atom stereocenters. The van der Waals surface area contributed by atoms with Crippen LogP contribution in [-0.4, -0.2) is 25.1 Å². The summed E-state index contributed by atoms with van der Waals surface area (Å²) >= 11 is 0.